The number of likely N-dealkylation sites (tertiary alicyclic amines) is 1. The third-order valence-electron chi connectivity index (χ3n) is 3.41. The summed E-state index contributed by atoms with van der Waals surface area (Å²) < 4.78 is 5.18. The van der Waals surface area contributed by atoms with Crippen LogP contribution in [0.4, 0.5) is 0 Å². The van der Waals surface area contributed by atoms with Crippen LogP contribution in [0.3, 0.4) is 0 Å². The molecule has 1 aromatic heterocycles. The van der Waals surface area contributed by atoms with Gasteiger partial charge in [-0.25, -0.2) is 0 Å². The predicted molar refractivity (Wildman–Crippen MR) is 60.2 cm³/mol. The Balaban J connectivity index is 2.13. The molecule has 1 saturated heterocycles. The van der Waals surface area contributed by atoms with Crippen molar-refractivity contribution < 1.29 is 9.32 Å². The fourth-order valence-corrected chi connectivity index (χ4v) is 2.43. The Morgan fingerprint density at radius 2 is 1.94 bits per heavy atom. The number of rotatable bonds is 2. The van der Waals surface area contributed by atoms with Crippen LogP contribution in [0, 0.1) is 13.8 Å². The van der Waals surface area contributed by atoms with Gasteiger partial charge in [-0.3, -0.25) is 9.69 Å². The Labute approximate surface area is 95.6 Å². The molecule has 1 unspecified atom stereocenters. The fraction of sp³-hybridized carbons (Fsp3) is 0.667. The van der Waals surface area contributed by atoms with E-state index in [9.17, 15) is 4.79 Å². The molecule has 88 valence electrons. The van der Waals surface area contributed by atoms with Crippen molar-refractivity contribution in [3.05, 3.63) is 17.0 Å². The van der Waals surface area contributed by atoms with Gasteiger partial charge in [0.2, 0.25) is 0 Å². The lowest BCUT2D eigenvalue weighted by Crippen LogP contribution is -2.36. The van der Waals surface area contributed by atoms with Crippen molar-refractivity contribution in [1.82, 2.24) is 10.1 Å². The van der Waals surface area contributed by atoms with E-state index in [0.717, 1.165) is 24.5 Å². The molecular formula is C12H18N2O2. The quantitative estimate of drug-likeness (QED) is 0.768. The normalized spacial score (nSPS) is 20.1. The number of Topliss-reactive ketones (excluding diaryl/α,β-unsaturated/α-hetero) is 1. The van der Waals surface area contributed by atoms with Crippen molar-refractivity contribution in [2.45, 2.75) is 39.7 Å². The highest BCUT2D eigenvalue weighted by molar-refractivity contribution is 5.79. The van der Waals surface area contributed by atoms with Gasteiger partial charge in [0.1, 0.15) is 11.5 Å². The van der Waals surface area contributed by atoms with Gasteiger partial charge in [0.15, 0.2) is 0 Å². The van der Waals surface area contributed by atoms with Crippen molar-refractivity contribution in [1.29, 1.82) is 0 Å². The molecule has 2 heterocycles. The van der Waals surface area contributed by atoms with E-state index in [0.29, 0.717) is 24.7 Å². The number of aromatic nitrogens is 1. The van der Waals surface area contributed by atoms with Gasteiger partial charge in [0.25, 0.3) is 0 Å². The van der Waals surface area contributed by atoms with Gasteiger partial charge in [-0.2, -0.15) is 0 Å². The molecule has 0 spiro atoms. The van der Waals surface area contributed by atoms with Crippen LogP contribution in [0.15, 0.2) is 4.52 Å². The molecule has 1 aliphatic rings. The maximum atomic E-state index is 11.2. The lowest BCUT2D eigenvalue weighted by molar-refractivity contribution is -0.121. The molecule has 0 aliphatic carbocycles. The lowest BCUT2D eigenvalue weighted by atomic mass is 10.0. The zero-order chi connectivity index (χ0) is 11.7. The van der Waals surface area contributed by atoms with E-state index < -0.39 is 0 Å². The number of aryl methyl sites for hydroxylation is 2. The molecule has 1 aromatic rings. The molecule has 0 amide bonds. The summed E-state index contributed by atoms with van der Waals surface area (Å²) in [5, 5.41) is 3.98. The van der Waals surface area contributed by atoms with Gasteiger partial charge in [0, 0.05) is 37.5 Å². The molecule has 1 fully saturated rings. The Morgan fingerprint density at radius 3 is 2.44 bits per heavy atom. The van der Waals surface area contributed by atoms with Crippen LogP contribution in [0.1, 0.15) is 42.8 Å². The van der Waals surface area contributed by atoms with Crippen molar-refractivity contribution in [3.63, 3.8) is 0 Å². The first-order valence-electron chi connectivity index (χ1n) is 5.78. The van der Waals surface area contributed by atoms with E-state index in [1.165, 1.54) is 5.56 Å². The number of nitrogens with zero attached hydrogens (tertiary/aromatic N) is 2. The number of carbonyl (C=O) groups is 1. The van der Waals surface area contributed by atoms with E-state index in [2.05, 4.69) is 17.0 Å². The number of hydrogen-bond acceptors (Lipinski definition) is 4. The molecule has 4 heteroatoms. The van der Waals surface area contributed by atoms with Gasteiger partial charge in [-0.1, -0.05) is 5.16 Å². The summed E-state index contributed by atoms with van der Waals surface area (Å²) >= 11 is 0. The van der Waals surface area contributed by atoms with Crippen LogP contribution in [0.5, 0.6) is 0 Å². The van der Waals surface area contributed by atoms with Gasteiger partial charge in [-0.15, -0.1) is 0 Å². The third kappa shape index (κ3) is 2.02. The van der Waals surface area contributed by atoms with Crippen LogP contribution in [0.25, 0.3) is 0 Å². The summed E-state index contributed by atoms with van der Waals surface area (Å²) in [6, 6.07) is 0.291. The molecule has 0 radical (unpaired) electrons. The molecular weight excluding hydrogens is 204 g/mol. The highest BCUT2D eigenvalue weighted by Crippen LogP contribution is 2.27. The summed E-state index contributed by atoms with van der Waals surface area (Å²) in [7, 11) is 0. The van der Waals surface area contributed by atoms with Crippen molar-refractivity contribution in [3.8, 4) is 0 Å². The summed E-state index contributed by atoms with van der Waals surface area (Å²) in [5.74, 6) is 1.27. The molecule has 0 aromatic carbocycles. The van der Waals surface area contributed by atoms with Gasteiger partial charge in [0.05, 0.1) is 5.69 Å². The van der Waals surface area contributed by atoms with Gasteiger partial charge >= 0.3 is 0 Å². The number of piperidine rings is 1. The van der Waals surface area contributed by atoms with E-state index >= 15 is 0 Å². The molecule has 0 N–H and O–H groups in total. The molecule has 1 aliphatic heterocycles. The van der Waals surface area contributed by atoms with Crippen LogP contribution in [-0.2, 0) is 4.79 Å². The van der Waals surface area contributed by atoms with Crippen molar-refractivity contribution in [2.75, 3.05) is 13.1 Å². The second-order valence-corrected chi connectivity index (χ2v) is 4.49. The maximum Gasteiger partial charge on any atom is 0.138 e. The molecule has 1 atom stereocenters. The van der Waals surface area contributed by atoms with E-state index in [1.807, 2.05) is 13.8 Å². The number of carbonyl (C=O) groups excluding carboxylic acids is 1. The topological polar surface area (TPSA) is 46.3 Å². The minimum absolute atomic E-state index is 0.291. The SMILES string of the molecule is Cc1noc(C)c1C(C)N1CCC(=O)CC1. The van der Waals surface area contributed by atoms with Crippen LogP contribution in [0.2, 0.25) is 0 Å². The van der Waals surface area contributed by atoms with Gasteiger partial charge in [-0.05, 0) is 20.8 Å². The Morgan fingerprint density at radius 1 is 1.31 bits per heavy atom. The van der Waals surface area contributed by atoms with E-state index in [1.54, 1.807) is 0 Å². The van der Waals surface area contributed by atoms with Crippen molar-refractivity contribution >= 4 is 5.78 Å². The second kappa shape index (κ2) is 4.37. The number of ketones is 1. The molecule has 4 nitrogen and oxygen atoms in total. The minimum Gasteiger partial charge on any atom is -0.361 e. The predicted octanol–water partition coefficient (Wildman–Crippen LogP) is 2.02. The standard InChI is InChI=1S/C12H18N2O2/c1-8-12(10(3)16-13-8)9(2)14-6-4-11(15)5-7-14/h9H,4-7H2,1-3H3. The second-order valence-electron chi connectivity index (χ2n) is 4.49. The largest absolute Gasteiger partial charge is 0.361 e. The third-order valence-corrected chi connectivity index (χ3v) is 3.41. The van der Waals surface area contributed by atoms with E-state index in [-0.39, 0.29) is 0 Å². The zero-order valence-corrected chi connectivity index (χ0v) is 10.1. The van der Waals surface area contributed by atoms with Crippen molar-refractivity contribution in [2.24, 2.45) is 0 Å². The average molecular weight is 222 g/mol. The highest BCUT2D eigenvalue weighted by atomic mass is 16.5. The van der Waals surface area contributed by atoms with Gasteiger partial charge < -0.3 is 4.52 Å². The summed E-state index contributed by atoms with van der Waals surface area (Å²) in [6.07, 6.45) is 1.35. The molecule has 16 heavy (non-hydrogen) atoms. The molecule has 0 bridgehead atoms. The number of hydrogen-bond donors (Lipinski definition) is 0. The maximum absolute atomic E-state index is 11.2. The lowest BCUT2D eigenvalue weighted by Gasteiger charge is -2.31. The Kier molecular flexibility index (Phi) is 3.10. The van der Waals surface area contributed by atoms with E-state index in [4.69, 9.17) is 4.52 Å². The summed E-state index contributed by atoms with van der Waals surface area (Å²) in [5.41, 5.74) is 2.14. The van der Waals surface area contributed by atoms with Crippen LogP contribution in [-0.4, -0.2) is 28.9 Å². The summed E-state index contributed by atoms with van der Waals surface area (Å²) in [6.45, 7) is 7.77. The summed E-state index contributed by atoms with van der Waals surface area (Å²) in [4.78, 5) is 13.5. The van der Waals surface area contributed by atoms with Crippen LogP contribution < -0.4 is 0 Å². The first-order valence-corrected chi connectivity index (χ1v) is 5.78. The van der Waals surface area contributed by atoms with Crippen LogP contribution >= 0.6 is 0 Å². The molecule has 2 rings (SSSR count). The Bertz CT molecular complexity index is 368. The average Bonchev–Trinajstić information content (AvgIpc) is 2.59. The minimum atomic E-state index is 0.291. The zero-order valence-electron chi connectivity index (χ0n) is 10.1. The first-order chi connectivity index (χ1) is 7.59. The smallest absolute Gasteiger partial charge is 0.138 e. The molecule has 0 saturated carbocycles. The first kappa shape index (κ1) is 11.3. The fourth-order valence-electron chi connectivity index (χ4n) is 2.43. The monoisotopic (exact) mass is 222 g/mol. The highest BCUT2D eigenvalue weighted by Gasteiger charge is 2.25. The Hall–Kier alpha value is -1.16.